The van der Waals surface area contributed by atoms with E-state index < -0.39 is 24.3 Å². The van der Waals surface area contributed by atoms with Crippen molar-refractivity contribution in [1.29, 1.82) is 0 Å². The van der Waals surface area contributed by atoms with E-state index in [1.807, 2.05) is 26.0 Å². The van der Waals surface area contributed by atoms with Crippen molar-refractivity contribution in [1.82, 2.24) is 0 Å². The molecule has 2 saturated carbocycles. The fourth-order valence-electron chi connectivity index (χ4n) is 5.46. The summed E-state index contributed by atoms with van der Waals surface area (Å²) in [5.41, 5.74) is 1.25. The Labute approximate surface area is 227 Å². The number of carbonyl (C=O) groups excluding carboxylic acids is 2. The van der Waals surface area contributed by atoms with Crippen molar-refractivity contribution in [2.45, 2.75) is 134 Å². The Morgan fingerprint density at radius 3 is 1.71 bits per heavy atom. The van der Waals surface area contributed by atoms with Crippen molar-refractivity contribution in [2.24, 2.45) is 5.92 Å². The van der Waals surface area contributed by atoms with Crippen LogP contribution in [0, 0.1) is 5.92 Å². The molecule has 2 atom stereocenters. The van der Waals surface area contributed by atoms with E-state index in [4.69, 9.17) is 14.2 Å². The Hall–Kier alpha value is -2.18. The maximum atomic E-state index is 13.9. The largest absolute Gasteiger partial charge is 0.493 e. The zero-order valence-corrected chi connectivity index (χ0v) is 23.2. The fraction of sp³-hybridized carbons (Fsp3) is 0.742. The number of hydrogen-bond donors (Lipinski definition) is 0. The molecule has 0 N–H and O–H groups in total. The van der Waals surface area contributed by atoms with Gasteiger partial charge in [-0.15, -0.1) is 0 Å². The molecule has 2 aliphatic carbocycles. The summed E-state index contributed by atoms with van der Waals surface area (Å²) in [5, 5.41) is 0. The van der Waals surface area contributed by atoms with Gasteiger partial charge in [-0.3, -0.25) is 0 Å². The maximum Gasteiger partial charge on any atom is 0.340 e. The van der Waals surface area contributed by atoms with Crippen molar-refractivity contribution in [3.8, 4) is 5.75 Å². The van der Waals surface area contributed by atoms with Crippen LogP contribution in [-0.2, 0) is 19.1 Å². The first-order valence-electron chi connectivity index (χ1n) is 14.8. The normalized spacial score (nSPS) is 25.3. The zero-order chi connectivity index (χ0) is 27.3. The Kier molecular flexibility index (Phi) is 12.8. The van der Waals surface area contributed by atoms with Gasteiger partial charge in [-0.2, -0.15) is 0 Å². The van der Waals surface area contributed by atoms with E-state index in [0.717, 1.165) is 70.0 Å². The van der Waals surface area contributed by atoms with E-state index in [0.29, 0.717) is 31.3 Å². The molecular formula is C31H46F2O5. The molecule has 0 amide bonds. The van der Waals surface area contributed by atoms with Crippen LogP contribution in [0.2, 0.25) is 0 Å². The lowest BCUT2D eigenvalue weighted by Crippen LogP contribution is -2.30. The number of halogens is 2. The van der Waals surface area contributed by atoms with Crippen LogP contribution in [0.5, 0.6) is 5.75 Å². The first-order valence-corrected chi connectivity index (χ1v) is 14.8. The molecule has 0 aliphatic heterocycles. The van der Waals surface area contributed by atoms with Crippen LogP contribution in [0.25, 0.3) is 0 Å². The summed E-state index contributed by atoms with van der Waals surface area (Å²) >= 11 is 0. The van der Waals surface area contributed by atoms with Gasteiger partial charge in [0.25, 0.3) is 0 Å². The van der Waals surface area contributed by atoms with Gasteiger partial charge in [0.15, 0.2) is 12.3 Å². The van der Waals surface area contributed by atoms with Crippen molar-refractivity contribution in [3.63, 3.8) is 0 Å². The molecule has 1 unspecified atom stereocenters. The molecule has 0 aromatic heterocycles. The van der Waals surface area contributed by atoms with Crippen LogP contribution >= 0.6 is 0 Å². The van der Waals surface area contributed by atoms with E-state index in [1.165, 1.54) is 5.56 Å². The van der Waals surface area contributed by atoms with E-state index in [1.54, 1.807) is 0 Å². The first-order chi connectivity index (χ1) is 18.4. The molecule has 1 aromatic rings. The lowest BCUT2D eigenvalue weighted by molar-refractivity contribution is -0.158. The summed E-state index contributed by atoms with van der Waals surface area (Å²) in [4.78, 5) is 23.9. The lowest BCUT2D eigenvalue weighted by atomic mass is 9.82. The molecule has 2 aliphatic rings. The van der Waals surface area contributed by atoms with Crippen LogP contribution in [0.1, 0.15) is 115 Å². The molecule has 0 radical (unpaired) electrons. The molecule has 1 aromatic carbocycles. The number of ether oxygens (including phenoxy) is 3. The molecule has 0 saturated heterocycles. The number of unbranched alkanes of at least 4 members (excludes halogenated alkanes) is 2. The highest BCUT2D eigenvalue weighted by Gasteiger charge is 2.29. The second-order valence-electron chi connectivity index (χ2n) is 11.1. The third-order valence-corrected chi connectivity index (χ3v) is 8.00. The lowest BCUT2D eigenvalue weighted by Gasteiger charge is -2.29. The van der Waals surface area contributed by atoms with E-state index >= 15 is 0 Å². The van der Waals surface area contributed by atoms with Gasteiger partial charge in [-0.1, -0.05) is 51.7 Å². The number of esters is 2. The minimum atomic E-state index is -1.50. The molecule has 2 fully saturated rings. The highest BCUT2D eigenvalue weighted by atomic mass is 19.1. The van der Waals surface area contributed by atoms with Gasteiger partial charge in [0.05, 0.1) is 6.61 Å². The minimum Gasteiger partial charge on any atom is -0.493 e. The molecule has 7 heteroatoms. The van der Waals surface area contributed by atoms with Gasteiger partial charge >= 0.3 is 11.9 Å². The van der Waals surface area contributed by atoms with Crippen LogP contribution in [0.15, 0.2) is 24.3 Å². The second-order valence-corrected chi connectivity index (χ2v) is 11.1. The van der Waals surface area contributed by atoms with Gasteiger partial charge in [0.1, 0.15) is 18.0 Å². The topological polar surface area (TPSA) is 61.8 Å². The first kappa shape index (κ1) is 30.4. The van der Waals surface area contributed by atoms with E-state index in [9.17, 15) is 18.4 Å². The summed E-state index contributed by atoms with van der Waals surface area (Å²) in [6, 6.07) is 8.23. The number of benzene rings is 1. The van der Waals surface area contributed by atoms with Crippen molar-refractivity contribution in [2.75, 3.05) is 6.61 Å². The van der Waals surface area contributed by atoms with Crippen molar-refractivity contribution in [3.05, 3.63) is 29.8 Å². The maximum absolute atomic E-state index is 13.9. The second kappa shape index (κ2) is 16.0. The number of hydrogen-bond acceptors (Lipinski definition) is 5. The van der Waals surface area contributed by atoms with Gasteiger partial charge < -0.3 is 14.2 Å². The van der Waals surface area contributed by atoms with Gasteiger partial charge in [0, 0.05) is 0 Å². The number of carbonyl (C=O) groups is 2. The zero-order valence-electron chi connectivity index (χ0n) is 23.2. The Morgan fingerprint density at radius 2 is 1.24 bits per heavy atom. The highest BCUT2D eigenvalue weighted by molar-refractivity contribution is 5.75. The predicted octanol–water partition coefficient (Wildman–Crippen LogP) is 7.79. The summed E-state index contributed by atoms with van der Waals surface area (Å²) in [5.74, 6) is 0.235. The molecule has 3 rings (SSSR count). The molecule has 0 spiro atoms. The Morgan fingerprint density at radius 1 is 0.763 bits per heavy atom. The Bertz CT molecular complexity index is 829. The van der Waals surface area contributed by atoms with E-state index in [2.05, 4.69) is 12.1 Å². The minimum absolute atomic E-state index is 0.181. The number of alkyl halides is 2. The summed E-state index contributed by atoms with van der Waals surface area (Å²) in [6.07, 6.45) is 6.90. The van der Waals surface area contributed by atoms with Crippen LogP contribution < -0.4 is 4.74 Å². The average Bonchev–Trinajstić information content (AvgIpc) is 2.94. The summed E-state index contributed by atoms with van der Waals surface area (Å²) in [7, 11) is 0. The molecule has 38 heavy (non-hydrogen) atoms. The van der Waals surface area contributed by atoms with Crippen molar-refractivity contribution >= 4 is 11.9 Å². The third-order valence-electron chi connectivity index (χ3n) is 8.00. The quantitative estimate of drug-likeness (QED) is 0.227. The summed E-state index contributed by atoms with van der Waals surface area (Å²) < 4.78 is 44.6. The van der Waals surface area contributed by atoms with E-state index in [-0.39, 0.29) is 25.0 Å². The van der Waals surface area contributed by atoms with Crippen LogP contribution in [0.3, 0.4) is 0 Å². The molecule has 214 valence electrons. The van der Waals surface area contributed by atoms with Gasteiger partial charge in [-0.25, -0.2) is 18.4 Å². The summed E-state index contributed by atoms with van der Waals surface area (Å²) in [6.45, 7) is 4.57. The SMILES string of the molecule is CCCCC(F)C(=O)OC1CCC(COc2ccc(C3CCC(OC(=O)[C@@H](F)CCCC)CC3)cc2)CC1. The van der Waals surface area contributed by atoms with Crippen LogP contribution in [0.4, 0.5) is 8.78 Å². The molecule has 0 heterocycles. The number of rotatable bonds is 14. The van der Waals surface area contributed by atoms with Gasteiger partial charge in [0.2, 0.25) is 0 Å². The smallest absolute Gasteiger partial charge is 0.340 e. The molecule has 0 bridgehead atoms. The van der Waals surface area contributed by atoms with Gasteiger partial charge in [-0.05, 0) is 93.7 Å². The molecule has 5 nitrogen and oxygen atoms in total. The average molecular weight is 537 g/mol. The Balaban J connectivity index is 1.33. The monoisotopic (exact) mass is 536 g/mol. The predicted molar refractivity (Wildman–Crippen MR) is 144 cm³/mol. The van der Waals surface area contributed by atoms with Crippen LogP contribution in [-0.4, -0.2) is 43.1 Å². The van der Waals surface area contributed by atoms with Crippen molar-refractivity contribution < 1.29 is 32.6 Å². The molecular weight excluding hydrogens is 490 g/mol. The third kappa shape index (κ3) is 9.85. The highest BCUT2D eigenvalue weighted by Crippen LogP contribution is 2.35. The standard InChI is InChI=1S/C31H46F2O5/c1-3-5-7-28(32)30(34)37-26-15-9-22(10-16-26)21-36-25-17-11-23(12-18-25)24-13-19-27(20-14-24)38-31(35)29(33)8-6-4-2/h11-12,17-18,22,24,26-29H,3-10,13-16,19-21H2,1-2H3/t22?,24?,26?,27?,28?,29-/m0/s1. The fourth-order valence-corrected chi connectivity index (χ4v) is 5.46.